The molecular formula is C13H10F3NO. The van der Waals surface area contributed by atoms with E-state index in [1.165, 1.54) is 25.4 Å². The molecule has 0 aliphatic rings. The lowest BCUT2D eigenvalue weighted by atomic mass is 9.89. The van der Waals surface area contributed by atoms with E-state index >= 15 is 0 Å². The highest BCUT2D eigenvalue weighted by molar-refractivity contribution is 5.35. The van der Waals surface area contributed by atoms with Gasteiger partial charge in [-0.2, -0.15) is 0 Å². The lowest BCUT2D eigenvalue weighted by Crippen LogP contribution is -2.25. The Hall–Kier alpha value is -1.88. The van der Waals surface area contributed by atoms with Crippen molar-refractivity contribution in [1.29, 1.82) is 0 Å². The molecule has 0 aliphatic heterocycles. The molecule has 1 atom stereocenters. The molecule has 2 nitrogen and oxygen atoms in total. The van der Waals surface area contributed by atoms with E-state index in [-0.39, 0.29) is 11.1 Å². The maximum Gasteiger partial charge on any atom is 0.194 e. The molecule has 0 saturated heterocycles. The molecule has 2 rings (SSSR count). The van der Waals surface area contributed by atoms with Crippen molar-refractivity contribution in [2.45, 2.75) is 12.5 Å². The van der Waals surface area contributed by atoms with E-state index in [0.29, 0.717) is 0 Å². The first-order valence-corrected chi connectivity index (χ1v) is 5.21. The summed E-state index contributed by atoms with van der Waals surface area (Å²) in [6.45, 7) is 1.29. The lowest BCUT2D eigenvalue weighted by molar-refractivity contribution is 0.0963. The highest BCUT2D eigenvalue weighted by atomic mass is 19.2. The second-order valence-electron chi connectivity index (χ2n) is 4.04. The highest BCUT2D eigenvalue weighted by Crippen LogP contribution is 2.31. The highest BCUT2D eigenvalue weighted by Gasteiger charge is 2.31. The van der Waals surface area contributed by atoms with Crippen LogP contribution in [0.1, 0.15) is 18.1 Å². The van der Waals surface area contributed by atoms with Crippen molar-refractivity contribution < 1.29 is 18.3 Å². The van der Waals surface area contributed by atoms with Crippen molar-refractivity contribution in [1.82, 2.24) is 4.98 Å². The van der Waals surface area contributed by atoms with Gasteiger partial charge in [0.15, 0.2) is 17.5 Å². The Labute approximate surface area is 102 Å². The Kier molecular flexibility index (Phi) is 3.09. The number of nitrogens with zero attached hydrogens (tertiary/aromatic N) is 1. The zero-order valence-electron chi connectivity index (χ0n) is 9.49. The standard InChI is InChI=1S/C13H10F3NO/c1-13(18,8-3-2-6-17-7-8)9-4-5-10(14)12(16)11(9)15/h2-7,18H,1H3. The van der Waals surface area contributed by atoms with Crippen LogP contribution in [-0.2, 0) is 5.60 Å². The van der Waals surface area contributed by atoms with Gasteiger partial charge in [0, 0.05) is 23.5 Å². The van der Waals surface area contributed by atoms with Crippen LogP contribution in [0.15, 0.2) is 36.7 Å². The molecule has 0 fully saturated rings. The number of pyridine rings is 1. The number of aromatic nitrogens is 1. The molecule has 0 aliphatic carbocycles. The van der Waals surface area contributed by atoms with Gasteiger partial charge in [0.05, 0.1) is 0 Å². The number of aliphatic hydroxyl groups is 1. The van der Waals surface area contributed by atoms with E-state index in [0.717, 1.165) is 12.1 Å². The smallest absolute Gasteiger partial charge is 0.194 e. The van der Waals surface area contributed by atoms with Gasteiger partial charge in [-0.1, -0.05) is 6.07 Å². The molecule has 5 heteroatoms. The van der Waals surface area contributed by atoms with Gasteiger partial charge < -0.3 is 5.11 Å². The van der Waals surface area contributed by atoms with Crippen molar-refractivity contribution >= 4 is 0 Å². The van der Waals surface area contributed by atoms with Gasteiger partial charge in [-0.05, 0) is 25.1 Å². The Morgan fingerprint density at radius 1 is 1.11 bits per heavy atom. The van der Waals surface area contributed by atoms with Gasteiger partial charge in [0.25, 0.3) is 0 Å². The third-order valence-electron chi connectivity index (χ3n) is 2.78. The third-order valence-corrected chi connectivity index (χ3v) is 2.78. The molecule has 1 N–H and O–H groups in total. The van der Waals surface area contributed by atoms with Crippen LogP contribution >= 0.6 is 0 Å². The molecule has 18 heavy (non-hydrogen) atoms. The Bertz CT molecular complexity index is 570. The number of benzene rings is 1. The average molecular weight is 253 g/mol. The van der Waals surface area contributed by atoms with Crippen molar-refractivity contribution in [3.8, 4) is 0 Å². The van der Waals surface area contributed by atoms with Crippen molar-refractivity contribution in [3.63, 3.8) is 0 Å². The summed E-state index contributed by atoms with van der Waals surface area (Å²) in [6.07, 6.45) is 2.82. The molecular weight excluding hydrogens is 243 g/mol. The molecule has 94 valence electrons. The largest absolute Gasteiger partial charge is 0.381 e. The van der Waals surface area contributed by atoms with E-state index in [9.17, 15) is 18.3 Å². The maximum atomic E-state index is 13.6. The summed E-state index contributed by atoms with van der Waals surface area (Å²) in [6, 6.07) is 4.87. The Balaban J connectivity index is 2.58. The van der Waals surface area contributed by atoms with Gasteiger partial charge in [0.1, 0.15) is 5.60 Å². The predicted molar refractivity (Wildman–Crippen MR) is 59.2 cm³/mol. The number of halogens is 3. The minimum Gasteiger partial charge on any atom is -0.381 e. The van der Waals surface area contributed by atoms with Crippen LogP contribution in [0.4, 0.5) is 13.2 Å². The van der Waals surface area contributed by atoms with Crippen LogP contribution in [0.25, 0.3) is 0 Å². The van der Waals surface area contributed by atoms with Crippen LogP contribution in [0.3, 0.4) is 0 Å². The summed E-state index contributed by atoms with van der Waals surface area (Å²) >= 11 is 0. The summed E-state index contributed by atoms with van der Waals surface area (Å²) in [7, 11) is 0. The monoisotopic (exact) mass is 253 g/mol. The normalized spacial score (nSPS) is 14.3. The fourth-order valence-corrected chi connectivity index (χ4v) is 1.71. The van der Waals surface area contributed by atoms with Crippen molar-refractivity contribution in [2.24, 2.45) is 0 Å². The van der Waals surface area contributed by atoms with Crippen LogP contribution in [-0.4, -0.2) is 10.1 Å². The summed E-state index contributed by atoms with van der Waals surface area (Å²) in [5, 5.41) is 10.3. The number of hydrogen-bond acceptors (Lipinski definition) is 2. The molecule has 1 aromatic heterocycles. The molecule has 0 amide bonds. The van der Waals surface area contributed by atoms with Crippen LogP contribution in [0.5, 0.6) is 0 Å². The first-order valence-electron chi connectivity index (χ1n) is 5.21. The van der Waals surface area contributed by atoms with Crippen LogP contribution in [0, 0.1) is 17.5 Å². The zero-order chi connectivity index (χ0) is 13.3. The summed E-state index contributed by atoms with van der Waals surface area (Å²) in [5.74, 6) is -4.29. The molecule has 0 radical (unpaired) electrons. The van der Waals surface area contributed by atoms with E-state index in [1.54, 1.807) is 6.07 Å². The number of rotatable bonds is 2. The van der Waals surface area contributed by atoms with Crippen LogP contribution in [0.2, 0.25) is 0 Å². The molecule has 1 aromatic carbocycles. The maximum absolute atomic E-state index is 13.6. The van der Waals surface area contributed by atoms with E-state index < -0.39 is 23.1 Å². The molecule has 0 saturated carbocycles. The first kappa shape index (κ1) is 12.6. The minimum absolute atomic E-state index is 0.287. The SMILES string of the molecule is CC(O)(c1cccnc1)c1ccc(F)c(F)c1F. The second-order valence-corrected chi connectivity index (χ2v) is 4.04. The van der Waals surface area contributed by atoms with Crippen molar-refractivity contribution in [2.75, 3.05) is 0 Å². The second kappa shape index (κ2) is 4.42. The van der Waals surface area contributed by atoms with Gasteiger partial charge in [-0.25, -0.2) is 13.2 Å². The Morgan fingerprint density at radius 3 is 2.44 bits per heavy atom. The van der Waals surface area contributed by atoms with Crippen molar-refractivity contribution in [3.05, 3.63) is 65.2 Å². The van der Waals surface area contributed by atoms with E-state index in [4.69, 9.17) is 0 Å². The van der Waals surface area contributed by atoms with Gasteiger partial charge >= 0.3 is 0 Å². The third kappa shape index (κ3) is 1.97. The molecule has 2 aromatic rings. The summed E-state index contributed by atoms with van der Waals surface area (Å²) in [5.41, 5.74) is -1.84. The Morgan fingerprint density at radius 2 is 1.83 bits per heavy atom. The summed E-state index contributed by atoms with van der Waals surface area (Å²) < 4.78 is 39.7. The van der Waals surface area contributed by atoms with E-state index in [1.807, 2.05) is 0 Å². The minimum atomic E-state index is -1.78. The quantitative estimate of drug-likeness (QED) is 0.835. The van der Waals surface area contributed by atoms with Gasteiger partial charge in [-0.15, -0.1) is 0 Å². The average Bonchev–Trinajstić information content (AvgIpc) is 2.37. The fraction of sp³-hybridized carbons (Fsp3) is 0.154. The molecule has 0 spiro atoms. The molecule has 1 heterocycles. The zero-order valence-corrected chi connectivity index (χ0v) is 9.49. The predicted octanol–water partition coefficient (Wildman–Crippen LogP) is 2.75. The van der Waals surface area contributed by atoms with Gasteiger partial charge in [0.2, 0.25) is 0 Å². The van der Waals surface area contributed by atoms with Crippen LogP contribution < -0.4 is 0 Å². The number of hydrogen-bond donors (Lipinski definition) is 1. The summed E-state index contributed by atoms with van der Waals surface area (Å²) in [4.78, 5) is 3.80. The lowest BCUT2D eigenvalue weighted by Gasteiger charge is -2.24. The topological polar surface area (TPSA) is 33.1 Å². The van der Waals surface area contributed by atoms with Gasteiger partial charge in [-0.3, -0.25) is 4.98 Å². The van der Waals surface area contributed by atoms with E-state index in [2.05, 4.69) is 4.98 Å². The molecule has 0 bridgehead atoms. The first-order chi connectivity index (χ1) is 8.44. The molecule has 1 unspecified atom stereocenters. The fourth-order valence-electron chi connectivity index (χ4n) is 1.71.